The van der Waals surface area contributed by atoms with Gasteiger partial charge in [-0.15, -0.1) is 0 Å². The van der Waals surface area contributed by atoms with Crippen LogP contribution in [0.2, 0.25) is 0 Å². The highest BCUT2D eigenvalue weighted by molar-refractivity contribution is 6.38. The lowest BCUT2D eigenvalue weighted by atomic mass is 9.86. The van der Waals surface area contributed by atoms with Gasteiger partial charge in [-0.25, -0.2) is 18.7 Å². The van der Waals surface area contributed by atoms with Crippen molar-refractivity contribution >= 4 is 23.3 Å². The molecule has 1 aromatic heterocycles. The normalized spacial score (nSPS) is 19.0. The Morgan fingerprint density at radius 3 is 2.50 bits per heavy atom. The molecule has 1 saturated heterocycles. The lowest BCUT2D eigenvalue weighted by Gasteiger charge is -2.16. The zero-order chi connectivity index (χ0) is 21.7. The predicted octanol–water partition coefficient (Wildman–Crippen LogP) is 2.03. The van der Waals surface area contributed by atoms with Crippen LogP contribution in [0.1, 0.15) is 18.9 Å². The fourth-order valence-electron chi connectivity index (χ4n) is 3.50. The summed E-state index contributed by atoms with van der Waals surface area (Å²) >= 11 is 0. The molecule has 2 amide bonds. The molecule has 3 rings (SSSR count). The zero-order valence-corrected chi connectivity index (χ0v) is 16.4. The summed E-state index contributed by atoms with van der Waals surface area (Å²) in [5.41, 5.74) is 1.41. The number of halogens is 2. The van der Waals surface area contributed by atoms with Crippen LogP contribution in [0.3, 0.4) is 0 Å². The summed E-state index contributed by atoms with van der Waals surface area (Å²) in [6.07, 6.45) is 5.10. The molecular formula is C21H22F2N4O3. The second kappa shape index (κ2) is 9.06. The van der Waals surface area contributed by atoms with Crippen molar-refractivity contribution in [2.24, 2.45) is 11.8 Å². The predicted molar refractivity (Wildman–Crippen MR) is 105 cm³/mol. The van der Waals surface area contributed by atoms with Crippen LogP contribution in [0.5, 0.6) is 0 Å². The number of ketones is 1. The first kappa shape index (κ1) is 21.5. The maximum Gasteiger partial charge on any atom is 0.287 e. The molecule has 1 aromatic carbocycles. The number of hydrogen-bond donors (Lipinski definition) is 1. The lowest BCUT2D eigenvalue weighted by molar-refractivity contribution is -0.142. The van der Waals surface area contributed by atoms with E-state index in [4.69, 9.17) is 0 Å². The molecule has 1 N–H and O–H groups in total. The van der Waals surface area contributed by atoms with Crippen molar-refractivity contribution in [3.05, 3.63) is 54.6 Å². The van der Waals surface area contributed by atoms with Gasteiger partial charge in [0.05, 0.1) is 36.5 Å². The van der Waals surface area contributed by atoms with Crippen LogP contribution in [-0.4, -0.2) is 46.6 Å². The van der Waals surface area contributed by atoms with Gasteiger partial charge >= 0.3 is 0 Å². The molecule has 2 aromatic rings. The van der Waals surface area contributed by atoms with Crippen molar-refractivity contribution in [1.29, 1.82) is 0 Å². The molecule has 0 saturated carbocycles. The molecule has 2 atom stereocenters. The highest BCUT2D eigenvalue weighted by Crippen LogP contribution is 2.33. The first-order valence-corrected chi connectivity index (χ1v) is 9.56. The van der Waals surface area contributed by atoms with E-state index in [1.807, 2.05) is 35.6 Å². The van der Waals surface area contributed by atoms with Gasteiger partial charge in [-0.3, -0.25) is 14.4 Å². The van der Waals surface area contributed by atoms with E-state index in [1.165, 1.54) is 23.6 Å². The Balaban J connectivity index is 1.78. The first-order chi connectivity index (χ1) is 14.3. The maximum absolute atomic E-state index is 13.1. The second-order valence-electron chi connectivity index (χ2n) is 7.40. The molecule has 1 aliphatic rings. The Kier molecular flexibility index (Phi) is 6.49. The molecule has 0 spiro atoms. The molecule has 30 heavy (non-hydrogen) atoms. The highest BCUT2D eigenvalue weighted by Gasteiger charge is 2.46. The summed E-state index contributed by atoms with van der Waals surface area (Å²) in [6.45, 7) is -0.319. The molecule has 1 fully saturated rings. The van der Waals surface area contributed by atoms with E-state index < -0.39 is 36.0 Å². The molecule has 0 aliphatic carbocycles. The van der Waals surface area contributed by atoms with E-state index in [2.05, 4.69) is 9.97 Å². The van der Waals surface area contributed by atoms with E-state index in [0.717, 1.165) is 5.56 Å². The Morgan fingerprint density at radius 1 is 1.20 bits per heavy atom. The SMILES string of the molecule is CC(F)(F)CNC(=O)C(=O)[C@@H]1CN(c2cncnc2)C(=O)[C@H]1CCc1ccccc1. The van der Waals surface area contributed by atoms with Gasteiger partial charge in [0.25, 0.3) is 11.8 Å². The molecule has 158 valence electrons. The molecule has 2 heterocycles. The molecule has 7 nitrogen and oxygen atoms in total. The average molecular weight is 416 g/mol. The number of aryl methyl sites for hydroxylation is 1. The Bertz CT molecular complexity index is 903. The van der Waals surface area contributed by atoms with Gasteiger partial charge in [0, 0.05) is 13.5 Å². The van der Waals surface area contributed by atoms with Crippen molar-refractivity contribution in [2.45, 2.75) is 25.7 Å². The Labute approximate surface area is 172 Å². The second-order valence-corrected chi connectivity index (χ2v) is 7.40. The van der Waals surface area contributed by atoms with Gasteiger partial charge in [-0.05, 0) is 18.4 Å². The van der Waals surface area contributed by atoms with Crippen molar-refractivity contribution in [1.82, 2.24) is 15.3 Å². The van der Waals surface area contributed by atoms with Gasteiger partial charge in [-0.2, -0.15) is 0 Å². The topological polar surface area (TPSA) is 92.3 Å². The smallest absolute Gasteiger partial charge is 0.287 e. The van der Waals surface area contributed by atoms with E-state index in [1.54, 1.807) is 0 Å². The van der Waals surface area contributed by atoms with Crippen LogP contribution >= 0.6 is 0 Å². The minimum atomic E-state index is -3.14. The summed E-state index contributed by atoms with van der Waals surface area (Å²) in [4.78, 5) is 47.1. The summed E-state index contributed by atoms with van der Waals surface area (Å²) in [5, 5.41) is 1.97. The van der Waals surface area contributed by atoms with Crippen molar-refractivity contribution in [3.8, 4) is 0 Å². The van der Waals surface area contributed by atoms with E-state index in [9.17, 15) is 23.2 Å². The summed E-state index contributed by atoms with van der Waals surface area (Å²) in [6, 6.07) is 9.45. The number of nitrogens with zero attached hydrogens (tertiary/aromatic N) is 3. The maximum atomic E-state index is 13.1. The number of benzene rings is 1. The fraction of sp³-hybridized carbons (Fsp3) is 0.381. The minimum absolute atomic E-state index is 0.0273. The van der Waals surface area contributed by atoms with Crippen LogP contribution in [0, 0.1) is 11.8 Å². The minimum Gasteiger partial charge on any atom is -0.343 e. The summed E-state index contributed by atoms with van der Waals surface area (Å²) in [5.74, 6) is -7.11. The quantitative estimate of drug-likeness (QED) is 0.665. The van der Waals surface area contributed by atoms with Gasteiger partial charge in [0.1, 0.15) is 6.33 Å². The standard InChI is InChI=1S/C21H22F2N4O3/c1-21(22,23)12-26-19(29)18(28)17-11-27(15-9-24-13-25-10-15)20(30)16(17)8-7-14-5-3-2-4-6-14/h2-6,9-10,13,16-17H,7-8,11-12H2,1H3,(H,26,29)/t16-,17+/m0/s1. The fourth-order valence-corrected chi connectivity index (χ4v) is 3.50. The molecule has 1 aliphatic heterocycles. The van der Waals surface area contributed by atoms with E-state index in [0.29, 0.717) is 25.5 Å². The molecule has 9 heteroatoms. The van der Waals surface area contributed by atoms with Gasteiger partial charge in [0.2, 0.25) is 11.7 Å². The third-order valence-electron chi connectivity index (χ3n) is 5.01. The Hall–Kier alpha value is -3.23. The molecular weight excluding hydrogens is 394 g/mol. The van der Waals surface area contributed by atoms with Crippen LogP contribution in [-0.2, 0) is 20.8 Å². The monoisotopic (exact) mass is 416 g/mol. The van der Waals surface area contributed by atoms with Gasteiger partial charge < -0.3 is 10.2 Å². The number of aromatic nitrogens is 2. The average Bonchev–Trinajstić information content (AvgIpc) is 3.07. The number of rotatable bonds is 8. The number of carbonyl (C=O) groups excluding carboxylic acids is 3. The third kappa shape index (κ3) is 5.22. The van der Waals surface area contributed by atoms with Gasteiger partial charge in [-0.1, -0.05) is 30.3 Å². The van der Waals surface area contributed by atoms with Crippen molar-refractivity contribution in [2.75, 3.05) is 18.0 Å². The van der Waals surface area contributed by atoms with Gasteiger partial charge in [0.15, 0.2) is 0 Å². The van der Waals surface area contributed by atoms with E-state index in [-0.39, 0.29) is 12.5 Å². The van der Waals surface area contributed by atoms with Crippen LogP contribution in [0.15, 0.2) is 49.1 Å². The number of carbonyl (C=O) groups is 3. The molecule has 0 bridgehead atoms. The summed E-state index contributed by atoms with van der Waals surface area (Å²) < 4.78 is 26.1. The van der Waals surface area contributed by atoms with Crippen molar-refractivity contribution in [3.63, 3.8) is 0 Å². The van der Waals surface area contributed by atoms with E-state index >= 15 is 0 Å². The summed E-state index contributed by atoms with van der Waals surface area (Å²) in [7, 11) is 0. The van der Waals surface area contributed by atoms with Crippen LogP contribution in [0.4, 0.5) is 14.5 Å². The number of hydrogen-bond acceptors (Lipinski definition) is 5. The lowest BCUT2D eigenvalue weighted by Crippen LogP contribution is -2.42. The highest BCUT2D eigenvalue weighted by atomic mass is 19.3. The largest absolute Gasteiger partial charge is 0.343 e. The van der Waals surface area contributed by atoms with Crippen molar-refractivity contribution < 1.29 is 23.2 Å². The number of nitrogens with one attached hydrogen (secondary N) is 1. The van der Waals surface area contributed by atoms with Crippen LogP contribution < -0.4 is 10.2 Å². The first-order valence-electron chi connectivity index (χ1n) is 9.56. The zero-order valence-electron chi connectivity index (χ0n) is 16.4. The molecule has 0 unspecified atom stereocenters. The number of alkyl halides is 2. The number of anilines is 1. The molecule has 0 radical (unpaired) electrons. The van der Waals surface area contributed by atoms with Crippen LogP contribution in [0.25, 0.3) is 0 Å². The Morgan fingerprint density at radius 2 is 1.87 bits per heavy atom. The third-order valence-corrected chi connectivity index (χ3v) is 5.01. The number of amides is 2. The number of Topliss-reactive ketones (excluding diaryl/α,β-unsaturated/α-hetero) is 1.